The number of carboxylic acid groups (broad SMARTS) is 1. The summed E-state index contributed by atoms with van der Waals surface area (Å²) in [6, 6.07) is 16.3. The van der Waals surface area contributed by atoms with Gasteiger partial charge in [-0.1, -0.05) is 73.9 Å². The summed E-state index contributed by atoms with van der Waals surface area (Å²) in [7, 11) is 0. The van der Waals surface area contributed by atoms with E-state index in [9.17, 15) is 14.4 Å². The molecule has 7 heteroatoms. The molecule has 34 heavy (non-hydrogen) atoms. The van der Waals surface area contributed by atoms with Crippen LogP contribution in [0.3, 0.4) is 0 Å². The molecule has 2 aliphatic rings. The van der Waals surface area contributed by atoms with Gasteiger partial charge < -0.3 is 20.5 Å². The number of nitrogens with one attached hydrogen (secondary N) is 2. The fourth-order valence-electron chi connectivity index (χ4n) is 4.95. The van der Waals surface area contributed by atoms with Gasteiger partial charge in [0.25, 0.3) is 0 Å². The Kier molecular flexibility index (Phi) is 7.01. The summed E-state index contributed by atoms with van der Waals surface area (Å²) >= 11 is 0. The molecule has 0 atom stereocenters. The normalized spacial score (nSPS) is 16.8. The third kappa shape index (κ3) is 4.83. The number of carbonyl (C=O) groups is 3. The number of aliphatic carboxylic acids is 1. The topological polar surface area (TPSA) is 105 Å². The quantitative estimate of drug-likeness (QED) is 0.530. The number of carbonyl (C=O) groups excluding carboxylic acids is 2. The zero-order valence-electron chi connectivity index (χ0n) is 19.3. The van der Waals surface area contributed by atoms with Gasteiger partial charge >= 0.3 is 12.1 Å². The van der Waals surface area contributed by atoms with E-state index >= 15 is 0 Å². The van der Waals surface area contributed by atoms with Crippen molar-refractivity contribution in [2.75, 3.05) is 13.2 Å². The molecule has 2 aromatic carbocycles. The van der Waals surface area contributed by atoms with Crippen molar-refractivity contribution in [1.82, 2.24) is 10.6 Å². The second kappa shape index (κ2) is 10.1. The molecule has 0 aromatic heterocycles. The van der Waals surface area contributed by atoms with Crippen molar-refractivity contribution in [2.45, 2.75) is 50.5 Å². The van der Waals surface area contributed by atoms with Crippen molar-refractivity contribution in [1.29, 1.82) is 0 Å². The molecule has 1 fully saturated rings. The van der Waals surface area contributed by atoms with E-state index in [4.69, 9.17) is 9.84 Å². The Morgan fingerprint density at radius 2 is 1.59 bits per heavy atom. The van der Waals surface area contributed by atoms with E-state index in [1.165, 1.54) is 13.0 Å². The number of alkyl carbamates (subject to hydrolysis) is 1. The Morgan fingerprint density at radius 1 is 1.00 bits per heavy atom. The summed E-state index contributed by atoms with van der Waals surface area (Å²) in [6.45, 7) is 1.74. The molecule has 0 saturated heterocycles. The molecule has 0 radical (unpaired) electrons. The zero-order valence-corrected chi connectivity index (χ0v) is 19.3. The summed E-state index contributed by atoms with van der Waals surface area (Å²) in [6.07, 6.45) is 4.51. The van der Waals surface area contributed by atoms with Crippen LogP contribution >= 0.6 is 0 Å². The van der Waals surface area contributed by atoms with E-state index < -0.39 is 17.6 Å². The number of amides is 2. The second-order valence-corrected chi connectivity index (χ2v) is 9.00. The van der Waals surface area contributed by atoms with Gasteiger partial charge in [-0.3, -0.25) is 4.79 Å². The van der Waals surface area contributed by atoms with Gasteiger partial charge in [-0.15, -0.1) is 0 Å². The van der Waals surface area contributed by atoms with Crippen LogP contribution in [0.2, 0.25) is 0 Å². The van der Waals surface area contributed by atoms with Gasteiger partial charge in [0.05, 0.1) is 0 Å². The van der Waals surface area contributed by atoms with Crippen molar-refractivity contribution >= 4 is 18.0 Å². The molecule has 4 rings (SSSR count). The van der Waals surface area contributed by atoms with E-state index in [1.807, 2.05) is 24.3 Å². The SMILES string of the molecule is C/C(=C\CNC(=O)C1(NC(=O)OCC2c3ccccc3-c3ccccc32)CCCCC1)C(=O)O. The minimum Gasteiger partial charge on any atom is -0.478 e. The van der Waals surface area contributed by atoms with Crippen LogP contribution in [0.15, 0.2) is 60.2 Å². The third-order valence-corrected chi connectivity index (χ3v) is 6.83. The monoisotopic (exact) mass is 462 g/mol. The van der Waals surface area contributed by atoms with Crippen LogP contribution in [0.4, 0.5) is 4.79 Å². The summed E-state index contributed by atoms with van der Waals surface area (Å²) in [5.41, 5.74) is 3.66. The van der Waals surface area contributed by atoms with Gasteiger partial charge in [0.1, 0.15) is 12.1 Å². The van der Waals surface area contributed by atoms with E-state index in [0.29, 0.717) is 12.8 Å². The van der Waals surface area contributed by atoms with Gasteiger partial charge in [-0.25, -0.2) is 9.59 Å². The summed E-state index contributed by atoms with van der Waals surface area (Å²) in [5.74, 6) is -1.40. The molecule has 2 aliphatic carbocycles. The highest BCUT2D eigenvalue weighted by molar-refractivity contribution is 5.90. The van der Waals surface area contributed by atoms with Gasteiger partial charge in [-0.2, -0.15) is 0 Å². The van der Waals surface area contributed by atoms with Crippen LogP contribution in [0.5, 0.6) is 0 Å². The van der Waals surface area contributed by atoms with Crippen LogP contribution in [-0.4, -0.2) is 41.8 Å². The summed E-state index contributed by atoms with van der Waals surface area (Å²) < 4.78 is 5.67. The first-order valence-electron chi connectivity index (χ1n) is 11.7. The highest BCUT2D eigenvalue weighted by Gasteiger charge is 2.41. The molecule has 0 aliphatic heterocycles. The second-order valence-electron chi connectivity index (χ2n) is 9.00. The standard InChI is InChI=1S/C27H30N2O5/c1-18(24(30)31)13-16-28-25(32)27(14-7-2-8-15-27)29-26(33)34-17-23-21-11-5-3-9-19(21)20-10-4-6-12-22(20)23/h3-6,9-13,23H,2,7-8,14-17H2,1H3,(H,28,32)(H,29,33)(H,30,31)/b18-13+. The van der Waals surface area contributed by atoms with Crippen LogP contribution in [0.25, 0.3) is 11.1 Å². The Labute approximate surface area is 199 Å². The van der Waals surface area contributed by atoms with Crippen molar-refractivity contribution in [3.63, 3.8) is 0 Å². The first-order valence-corrected chi connectivity index (χ1v) is 11.7. The number of fused-ring (bicyclic) bond motifs is 3. The molecule has 3 N–H and O–H groups in total. The minimum atomic E-state index is -1.05. The molecular formula is C27H30N2O5. The summed E-state index contributed by atoms with van der Waals surface area (Å²) in [4.78, 5) is 36.9. The fraction of sp³-hybridized carbons (Fsp3) is 0.370. The lowest BCUT2D eigenvalue weighted by molar-refractivity contribution is -0.132. The molecule has 2 aromatic rings. The maximum Gasteiger partial charge on any atom is 0.408 e. The Bertz CT molecular complexity index is 1070. The maximum absolute atomic E-state index is 13.0. The predicted octanol–water partition coefficient (Wildman–Crippen LogP) is 4.38. The third-order valence-electron chi connectivity index (χ3n) is 6.83. The molecule has 0 heterocycles. The van der Waals surface area contributed by atoms with Gasteiger partial charge in [0, 0.05) is 18.0 Å². The fourth-order valence-corrected chi connectivity index (χ4v) is 4.95. The molecular weight excluding hydrogens is 432 g/mol. The van der Waals surface area contributed by atoms with Crippen molar-refractivity contribution < 1.29 is 24.2 Å². The van der Waals surface area contributed by atoms with Gasteiger partial charge in [0.2, 0.25) is 5.91 Å². The molecule has 0 bridgehead atoms. The first kappa shape index (κ1) is 23.5. The highest BCUT2D eigenvalue weighted by Crippen LogP contribution is 2.44. The lowest BCUT2D eigenvalue weighted by Gasteiger charge is -2.36. The minimum absolute atomic E-state index is 0.0570. The lowest BCUT2D eigenvalue weighted by Crippen LogP contribution is -2.59. The van der Waals surface area contributed by atoms with Crippen LogP contribution in [0, 0.1) is 0 Å². The van der Waals surface area contributed by atoms with Crippen LogP contribution < -0.4 is 10.6 Å². The number of benzene rings is 2. The number of rotatable bonds is 7. The van der Waals surface area contributed by atoms with E-state index in [0.717, 1.165) is 41.5 Å². The van der Waals surface area contributed by atoms with E-state index in [1.54, 1.807) is 0 Å². The molecule has 7 nitrogen and oxygen atoms in total. The van der Waals surface area contributed by atoms with Crippen LogP contribution in [-0.2, 0) is 14.3 Å². The Balaban J connectivity index is 1.42. The van der Waals surface area contributed by atoms with E-state index in [-0.39, 0.29) is 30.5 Å². The largest absolute Gasteiger partial charge is 0.478 e. The number of hydrogen-bond donors (Lipinski definition) is 3. The molecule has 178 valence electrons. The highest BCUT2D eigenvalue weighted by atomic mass is 16.5. The lowest BCUT2D eigenvalue weighted by atomic mass is 9.81. The number of carboxylic acids is 1. The Hall–Kier alpha value is -3.61. The molecule has 1 saturated carbocycles. The van der Waals surface area contributed by atoms with Gasteiger partial charge in [-0.05, 0) is 42.0 Å². The van der Waals surface area contributed by atoms with Crippen molar-refractivity contribution in [3.05, 3.63) is 71.3 Å². The van der Waals surface area contributed by atoms with E-state index in [2.05, 4.69) is 34.9 Å². The predicted molar refractivity (Wildman–Crippen MR) is 128 cm³/mol. The summed E-state index contributed by atoms with van der Waals surface area (Å²) in [5, 5.41) is 14.6. The average molecular weight is 463 g/mol. The molecule has 2 amide bonds. The smallest absolute Gasteiger partial charge is 0.408 e. The molecule has 0 unspecified atom stereocenters. The maximum atomic E-state index is 13.0. The zero-order chi connectivity index (χ0) is 24.1. The number of ether oxygens (including phenoxy) is 1. The van der Waals surface area contributed by atoms with Crippen molar-refractivity contribution in [3.8, 4) is 11.1 Å². The van der Waals surface area contributed by atoms with Crippen molar-refractivity contribution in [2.24, 2.45) is 0 Å². The Morgan fingerprint density at radius 3 is 2.18 bits per heavy atom. The first-order chi connectivity index (χ1) is 16.4. The van der Waals surface area contributed by atoms with Crippen LogP contribution in [0.1, 0.15) is 56.1 Å². The van der Waals surface area contributed by atoms with Gasteiger partial charge in [0.15, 0.2) is 0 Å². The number of hydrogen-bond acceptors (Lipinski definition) is 4. The average Bonchev–Trinajstić information content (AvgIpc) is 3.17. The molecule has 0 spiro atoms.